The molecule has 3 rings (SSSR count). The lowest BCUT2D eigenvalue weighted by atomic mass is 10.1. The number of esters is 1. The molecule has 0 unspecified atom stereocenters. The number of benzene rings is 2. The van der Waals surface area contributed by atoms with Crippen LogP contribution in [0.5, 0.6) is 11.5 Å². The summed E-state index contributed by atoms with van der Waals surface area (Å²) in [6, 6.07) is 14.1. The molecule has 0 aliphatic heterocycles. The van der Waals surface area contributed by atoms with Crippen molar-refractivity contribution in [2.24, 2.45) is 5.73 Å². The number of ether oxygens (including phenoxy) is 3. The first-order valence-electron chi connectivity index (χ1n) is 10.4. The fraction of sp³-hybridized carbons (Fsp3) is 0.292. The minimum Gasteiger partial charge on any atom is -0.493 e. The van der Waals surface area contributed by atoms with Gasteiger partial charge in [-0.25, -0.2) is 4.98 Å². The van der Waals surface area contributed by atoms with Gasteiger partial charge in [0.1, 0.15) is 23.6 Å². The molecule has 34 heavy (non-hydrogen) atoms. The molecule has 0 saturated heterocycles. The largest absolute Gasteiger partial charge is 0.493 e. The van der Waals surface area contributed by atoms with Gasteiger partial charge in [-0.3, -0.25) is 14.2 Å². The zero-order valence-electron chi connectivity index (χ0n) is 19.1. The first-order chi connectivity index (χ1) is 16.2. The lowest BCUT2D eigenvalue weighted by Crippen LogP contribution is -2.37. The first kappa shape index (κ1) is 25.6. The van der Waals surface area contributed by atoms with Crippen molar-refractivity contribution in [2.45, 2.75) is 30.2 Å². The van der Waals surface area contributed by atoms with Crippen LogP contribution in [0.4, 0.5) is 0 Å². The molecule has 1 heterocycles. The Hall–Kier alpha value is -3.01. The second-order valence-electron chi connectivity index (χ2n) is 7.91. The highest BCUT2D eigenvalue weighted by Gasteiger charge is 2.24. The van der Waals surface area contributed by atoms with E-state index in [0.29, 0.717) is 33.0 Å². The van der Waals surface area contributed by atoms with E-state index in [-0.39, 0.29) is 18.7 Å². The predicted octanol–water partition coefficient (Wildman–Crippen LogP) is 3.85. The highest BCUT2D eigenvalue weighted by Crippen LogP contribution is 2.30. The van der Waals surface area contributed by atoms with Crippen molar-refractivity contribution in [3.8, 4) is 17.2 Å². The van der Waals surface area contributed by atoms with E-state index in [2.05, 4.69) is 4.98 Å². The summed E-state index contributed by atoms with van der Waals surface area (Å²) in [4.78, 5) is 28.6. The van der Waals surface area contributed by atoms with Gasteiger partial charge in [-0.05, 0) is 43.7 Å². The maximum Gasteiger partial charge on any atom is 0.320 e. The summed E-state index contributed by atoms with van der Waals surface area (Å²) in [7, 11) is 1.50. The molecule has 0 radical (unpaired) electrons. The minimum atomic E-state index is -0.875. The van der Waals surface area contributed by atoms with Crippen LogP contribution in [0.15, 0.2) is 64.7 Å². The van der Waals surface area contributed by atoms with E-state index >= 15 is 0 Å². The highest BCUT2D eigenvalue weighted by molar-refractivity contribution is 7.98. The molecule has 2 N–H and O–H groups in total. The van der Waals surface area contributed by atoms with Gasteiger partial charge >= 0.3 is 5.97 Å². The smallest absolute Gasteiger partial charge is 0.320 e. The van der Waals surface area contributed by atoms with Gasteiger partial charge in [0, 0.05) is 22.9 Å². The van der Waals surface area contributed by atoms with Crippen molar-refractivity contribution < 1.29 is 19.0 Å². The number of nitrogens with zero attached hydrogens (tertiary/aromatic N) is 2. The van der Waals surface area contributed by atoms with Crippen molar-refractivity contribution in [1.82, 2.24) is 9.55 Å². The van der Waals surface area contributed by atoms with Gasteiger partial charge in [0.2, 0.25) is 0 Å². The molecule has 10 heteroatoms. The minimum absolute atomic E-state index is 0.0927. The van der Waals surface area contributed by atoms with E-state index in [0.717, 1.165) is 5.56 Å². The summed E-state index contributed by atoms with van der Waals surface area (Å²) in [5.41, 5.74) is 5.86. The second-order valence-corrected chi connectivity index (χ2v) is 9.34. The van der Waals surface area contributed by atoms with Crippen molar-refractivity contribution in [2.75, 3.05) is 20.3 Å². The Kier molecular flexibility index (Phi) is 8.60. The van der Waals surface area contributed by atoms with Gasteiger partial charge < -0.3 is 19.9 Å². The molecular formula is C24H26ClN3O5S. The van der Waals surface area contributed by atoms with Gasteiger partial charge in [0.15, 0.2) is 11.5 Å². The van der Waals surface area contributed by atoms with Crippen molar-refractivity contribution in [1.29, 1.82) is 0 Å². The van der Waals surface area contributed by atoms with Crippen molar-refractivity contribution in [3.63, 3.8) is 0 Å². The number of nitrogens with two attached hydrogens (primary N) is 1. The monoisotopic (exact) mass is 503 g/mol. The predicted molar refractivity (Wildman–Crippen MR) is 132 cm³/mol. The fourth-order valence-corrected chi connectivity index (χ4v) is 3.89. The molecule has 0 aliphatic carbocycles. The van der Waals surface area contributed by atoms with Gasteiger partial charge in [0.05, 0.1) is 19.3 Å². The number of hydrogen-bond acceptors (Lipinski definition) is 8. The van der Waals surface area contributed by atoms with E-state index < -0.39 is 11.6 Å². The molecule has 0 amide bonds. The number of halogens is 1. The number of thioether (sulfide) groups is 1. The summed E-state index contributed by atoms with van der Waals surface area (Å²) >= 11 is 7.38. The number of hydrogen-bond donors (Lipinski definition) is 1. The van der Waals surface area contributed by atoms with Crippen LogP contribution in [-0.2, 0) is 15.3 Å². The third-order valence-electron chi connectivity index (χ3n) is 4.64. The fourth-order valence-electron chi connectivity index (χ4n) is 2.95. The Morgan fingerprint density at radius 1 is 1.15 bits per heavy atom. The van der Waals surface area contributed by atoms with E-state index in [1.54, 1.807) is 32.0 Å². The Morgan fingerprint density at radius 2 is 1.88 bits per heavy atom. The molecule has 0 saturated carbocycles. The quantitative estimate of drug-likeness (QED) is 0.253. The molecular weight excluding hydrogens is 478 g/mol. The third kappa shape index (κ3) is 6.99. The third-order valence-corrected chi connectivity index (χ3v) is 5.89. The highest BCUT2D eigenvalue weighted by atomic mass is 35.5. The normalized spacial score (nSPS) is 11.2. The Balaban J connectivity index is 1.71. The Morgan fingerprint density at radius 3 is 2.53 bits per heavy atom. The summed E-state index contributed by atoms with van der Waals surface area (Å²) in [5, 5.41) is 1.30. The topological polar surface area (TPSA) is 106 Å². The standard InChI is InChI=1S/C24H26ClN3O5S/c1-24(2,33-23(30)12-26)14-32-19-9-8-18(10-20(19)31-3)28-15-27-21(11-22(28)29)34-13-16-4-6-17(25)7-5-16/h4-11,15H,12-14,26H2,1-3H3. The number of methoxy groups -OCH3 is 1. The zero-order valence-corrected chi connectivity index (χ0v) is 20.7. The maximum atomic E-state index is 12.7. The van der Waals surface area contributed by atoms with Gasteiger partial charge in [-0.2, -0.15) is 0 Å². The molecule has 8 nitrogen and oxygen atoms in total. The first-order valence-corrected chi connectivity index (χ1v) is 11.8. The summed E-state index contributed by atoms with van der Waals surface area (Å²) in [6.07, 6.45) is 1.48. The Labute approximate surface area is 207 Å². The van der Waals surface area contributed by atoms with Crippen molar-refractivity contribution in [3.05, 3.63) is 75.8 Å². The SMILES string of the molecule is COc1cc(-n2cnc(SCc3ccc(Cl)cc3)cc2=O)ccc1OCC(C)(C)OC(=O)CN. The van der Waals surface area contributed by atoms with Crippen LogP contribution in [0.3, 0.4) is 0 Å². The molecule has 180 valence electrons. The molecule has 1 aromatic heterocycles. The van der Waals surface area contributed by atoms with Gasteiger partial charge in [-0.1, -0.05) is 23.7 Å². The number of rotatable bonds is 10. The zero-order chi connectivity index (χ0) is 24.7. The number of aromatic nitrogens is 2. The lowest BCUT2D eigenvalue weighted by Gasteiger charge is -2.25. The summed E-state index contributed by atoms with van der Waals surface area (Å²) in [6.45, 7) is 3.33. The second kappa shape index (κ2) is 11.4. The van der Waals surface area contributed by atoms with Gasteiger partial charge in [0.25, 0.3) is 5.56 Å². The van der Waals surface area contributed by atoms with Crippen LogP contribution in [0.25, 0.3) is 5.69 Å². The molecule has 3 aromatic rings. The Bertz CT molecular complexity index is 1200. The van der Waals surface area contributed by atoms with Crippen LogP contribution in [0.2, 0.25) is 5.02 Å². The van der Waals surface area contributed by atoms with Crippen LogP contribution in [0, 0.1) is 0 Å². The average Bonchev–Trinajstić information content (AvgIpc) is 2.82. The van der Waals surface area contributed by atoms with Crippen LogP contribution in [0.1, 0.15) is 19.4 Å². The maximum absolute atomic E-state index is 12.7. The van der Waals surface area contributed by atoms with E-state index in [9.17, 15) is 9.59 Å². The van der Waals surface area contributed by atoms with E-state index in [4.69, 9.17) is 31.5 Å². The number of carbonyl (C=O) groups is 1. The van der Waals surface area contributed by atoms with Crippen molar-refractivity contribution >= 4 is 29.3 Å². The van der Waals surface area contributed by atoms with Crippen LogP contribution < -0.4 is 20.8 Å². The average molecular weight is 504 g/mol. The molecule has 0 aliphatic rings. The molecule has 0 fully saturated rings. The molecule has 0 bridgehead atoms. The van der Waals surface area contributed by atoms with Crippen LogP contribution >= 0.6 is 23.4 Å². The van der Waals surface area contributed by atoms with E-state index in [1.165, 1.54) is 35.8 Å². The van der Waals surface area contributed by atoms with Gasteiger partial charge in [-0.15, -0.1) is 11.8 Å². The lowest BCUT2D eigenvalue weighted by molar-refractivity contribution is -0.157. The summed E-state index contributed by atoms with van der Waals surface area (Å²) < 4.78 is 17.9. The molecule has 2 aromatic carbocycles. The molecule has 0 spiro atoms. The van der Waals surface area contributed by atoms with Crippen LogP contribution in [-0.4, -0.2) is 41.4 Å². The summed E-state index contributed by atoms with van der Waals surface area (Å²) in [5.74, 6) is 1.02. The number of carbonyl (C=O) groups excluding carboxylic acids is 1. The molecule has 0 atom stereocenters. The van der Waals surface area contributed by atoms with E-state index in [1.807, 2.05) is 24.3 Å².